The van der Waals surface area contributed by atoms with Crippen molar-refractivity contribution < 1.29 is 23.8 Å². The van der Waals surface area contributed by atoms with Crippen LogP contribution in [0.4, 0.5) is 0 Å². The first-order valence-electron chi connectivity index (χ1n) is 11.3. The molecule has 1 aliphatic heterocycles. The number of amides is 2. The van der Waals surface area contributed by atoms with Gasteiger partial charge in [0, 0.05) is 31.6 Å². The standard InChI is InChI=1S/C26H33N3O5/c1-18(2)26(31)28(13-14-32-3)17-25(30)29-24(19-9-11-21(33-4)12-10-19)16-23(27-29)20-7-6-8-22(15-20)34-5/h6-12,15,18,24H,13-14,16-17H2,1-5H3/t24-/m1/s1. The molecule has 2 aromatic rings. The Morgan fingerprint density at radius 3 is 2.38 bits per heavy atom. The number of benzene rings is 2. The molecular weight excluding hydrogens is 434 g/mol. The Morgan fingerprint density at radius 1 is 1.06 bits per heavy atom. The third-order valence-electron chi connectivity index (χ3n) is 5.77. The zero-order chi connectivity index (χ0) is 24.7. The molecule has 8 heteroatoms. The first-order chi connectivity index (χ1) is 16.4. The summed E-state index contributed by atoms with van der Waals surface area (Å²) in [5.41, 5.74) is 2.61. The van der Waals surface area contributed by atoms with E-state index in [0.29, 0.717) is 19.6 Å². The summed E-state index contributed by atoms with van der Waals surface area (Å²) in [6.45, 7) is 4.27. The lowest BCUT2D eigenvalue weighted by molar-refractivity contribution is -0.143. The minimum absolute atomic E-state index is 0.0675. The van der Waals surface area contributed by atoms with E-state index in [2.05, 4.69) is 0 Å². The van der Waals surface area contributed by atoms with Gasteiger partial charge in [0.2, 0.25) is 5.91 Å². The van der Waals surface area contributed by atoms with Gasteiger partial charge in [-0.25, -0.2) is 5.01 Å². The van der Waals surface area contributed by atoms with Crippen LogP contribution >= 0.6 is 0 Å². The van der Waals surface area contributed by atoms with E-state index < -0.39 is 0 Å². The normalized spacial score (nSPS) is 15.3. The maximum Gasteiger partial charge on any atom is 0.262 e. The van der Waals surface area contributed by atoms with E-state index in [1.165, 1.54) is 5.01 Å². The fourth-order valence-corrected chi connectivity index (χ4v) is 3.87. The van der Waals surface area contributed by atoms with Crippen LogP contribution in [0.5, 0.6) is 11.5 Å². The van der Waals surface area contributed by atoms with Crippen LogP contribution in [0.1, 0.15) is 37.4 Å². The van der Waals surface area contributed by atoms with Crippen molar-refractivity contribution in [3.63, 3.8) is 0 Å². The molecule has 0 unspecified atom stereocenters. The molecule has 8 nitrogen and oxygen atoms in total. The molecule has 0 radical (unpaired) electrons. The molecule has 1 heterocycles. The molecule has 0 aliphatic carbocycles. The van der Waals surface area contributed by atoms with Gasteiger partial charge in [-0.2, -0.15) is 5.10 Å². The van der Waals surface area contributed by atoms with E-state index >= 15 is 0 Å². The fraction of sp³-hybridized carbons (Fsp3) is 0.423. The monoisotopic (exact) mass is 467 g/mol. The van der Waals surface area contributed by atoms with E-state index in [1.807, 2.05) is 62.4 Å². The Morgan fingerprint density at radius 2 is 1.76 bits per heavy atom. The summed E-state index contributed by atoms with van der Waals surface area (Å²) in [5, 5.41) is 6.22. The maximum atomic E-state index is 13.5. The second-order valence-electron chi connectivity index (χ2n) is 8.42. The van der Waals surface area contributed by atoms with Crippen LogP contribution in [0.3, 0.4) is 0 Å². The van der Waals surface area contributed by atoms with Gasteiger partial charge >= 0.3 is 0 Å². The Kier molecular flexibility index (Phi) is 8.65. The summed E-state index contributed by atoms with van der Waals surface area (Å²) in [4.78, 5) is 27.7. The van der Waals surface area contributed by atoms with Crippen molar-refractivity contribution in [2.75, 3.05) is 41.0 Å². The van der Waals surface area contributed by atoms with E-state index in [4.69, 9.17) is 19.3 Å². The highest BCUT2D eigenvalue weighted by Gasteiger charge is 2.34. The molecular formula is C26H33N3O5. The van der Waals surface area contributed by atoms with E-state index in [9.17, 15) is 9.59 Å². The third-order valence-corrected chi connectivity index (χ3v) is 5.77. The second kappa shape index (κ2) is 11.7. The summed E-state index contributed by atoms with van der Waals surface area (Å²) in [6.07, 6.45) is 0.543. The number of rotatable bonds is 10. The lowest BCUT2D eigenvalue weighted by atomic mass is 9.98. The molecule has 1 atom stereocenters. The maximum absolute atomic E-state index is 13.5. The molecule has 34 heavy (non-hydrogen) atoms. The Balaban J connectivity index is 1.92. The SMILES string of the molecule is COCCN(CC(=O)N1N=C(c2cccc(OC)c2)C[C@@H]1c1ccc(OC)cc1)C(=O)C(C)C. The quantitative estimate of drug-likeness (QED) is 0.534. The van der Waals surface area contributed by atoms with Crippen LogP contribution in [0, 0.1) is 5.92 Å². The number of hydrazone groups is 1. The van der Waals surface area contributed by atoms with Crippen molar-refractivity contribution in [3.8, 4) is 11.5 Å². The Bertz CT molecular complexity index is 1020. The van der Waals surface area contributed by atoms with Gasteiger partial charge < -0.3 is 19.1 Å². The molecule has 0 bridgehead atoms. The van der Waals surface area contributed by atoms with Crippen LogP contribution < -0.4 is 9.47 Å². The predicted octanol–water partition coefficient (Wildman–Crippen LogP) is 3.51. The fourth-order valence-electron chi connectivity index (χ4n) is 3.87. The number of ether oxygens (including phenoxy) is 3. The van der Waals surface area contributed by atoms with Gasteiger partial charge in [-0.15, -0.1) is 0 Å². The molecule has 0 aromatic heterocycles. The minimum atomic E-state index is -0.293. The summed E-state index contributed by atoms with van der Waals surface area (Å²) in [7, 11) is 4.81. The van der Waals surface area contributed by atoms with Gasteiger partial charge in [0.05, 0.1) is 32.6 Å². The number of carbonyl (C=O) groups is 2. The molecule has 182 valence electrons. The lowest BCUT2D eigenvalue weighted by Gasteiger charge is -2.28. The van der Waals surface area contributed by atoms with Crippen molar-refractivity contribution in [2.24, 2.45) is 11.0 Å². The number of carbonyl (C=O) groups excluding carboxylic acids is 2. The number of nitrogens with zero attached hydrogens (tertiary/aromatic N) is 3. The lowest BCUT2D eigenvalue weighted by Crippen LogP contribution is -2.44. The van der Waals surface area contributed by atoms with Crippen molar-refractivity contribution in [1.82, 2.24) is 9.91 Å². The van der Waals surface area contributed by atoms with Gasteiger partial charge in [-0.05, 0) is 29.8 Å². The average Bonchev–Trinajstić information content (AvgIpc) is 3.31. The smallest absolute Gasteiger partial charge is 0.262 e. The molecule has 3 rings (SSSR count). The van der Waals surface area contributed by atoms with Gasteiger partial charge in [-0.3, -0.25) is 9.59 Å². The molecule has 0 spiro atoms. The van der Waals surface area contributed by atoms with Crippen molar-refractivity contribution in [3.05, 3.63) is 59.7 Å². The van der Waals surface area contributed by atoms with Crippen LogP contribution in [-0.4, -0.2) is 68.5 Å². The van der Waals surface area contributed by atoms with Crippen LogP contribution in [0.15, 0.2) is 53.6 Å². The number of hydrogen-bond acceptors (Lipinski definition) is 6. The Hall–Kier alpha value is -3.39. The van der Waals surface area contributed by atoms with Crippen molar-refractivity contribution in [2.45, 2.75) is 26.3 Å². The molecule has 1 aliphatic rings. The molecule has 0 N–H and O–H groups in total. The first-order valence-corrected chi connectivity index (χ1v) is 11.3. The minimum Gasteiger partial charge on any atom is -0.497 e. The molecule has 0 saturated carbocycles. The first kappa shape index (κ1) is 25.2. The van der Waals surface area contributed by atoms with Gasteiger partial charge in [0.15, 0.2) is 0 Å². The van der Waals surface area contributed by atoms with Gasteiger partial charge in [-0.1, -0.05) is 38.1 Å². The van der Waals surface area contributed by atoms with Crippen LogP contribution in [0.25, 0.3) is 0 Å². The van der Waals surface area contributed by atoms with Crippen molar-refractivity contribution >= 4 is 17.5 Å². The highest BCUT2D eigenvalue weighted by Crippen LogP contribution is 2.34. The molecule has 0 saturated heterocycles. The van der Waals surface area contributed by atoms with E-state index in [0.717, 1.165) is 28.3 Å². The zero-order valence-electron chi connectivity index (χ0n) is 20.5. The second-order valence-corrected chi connectivity index (χ2v) is 8.42. The Labute approximate surface area is 201 Å². The highest BCUT2D eigenvalue weighted by atomic mass is 16.5. The molecule has 0 fully saturated rings. The zero-order valence-corrected chi connectivity index (χ0v) is 20.5. The molecule has 2 aromatic carbocycles. The van der Waals surface area contributed by atoms with E-state index in [1.54, 1.807) is 26.2 Å². The molecule has 2 amide bonds. The number of methoxy groups -OCH3 is 3. The van der Waals surface area contributed by atoms with E-state index in [-0.39, 0.29) is 30.3 Å². The van der Waals surface area contributed by atoms with Gasteiger partial charge in [0.1, 0.15) is 18.0 Å². The van der Waals surface area contributed by atoms with Crippen LogP contribution in [0.2, 0.25) is 0 Å². The average molecular weight is 468 g/mol. The van der Waals surface area contributed by atoms with Crippen molar-refractivity contribution in [1.29, 1.82) is 0 Å². The van der Waals surface area contributed by atoms with Gasteiger partial charge in [0.25, 0.3) is 5.91 Å². The highest BCUT2D eigenvalue weighted by molar-refractivity contribution is 6.03. The predicted molar refractivity (Wildman–Crippen MR) is 130 cm³/mol. The summed E-state index contributed by atoms with van der Waals surface area (Å²) < 4.78 is 15.8. The summed E-state index contributed by atoms with van der Waals surface area (Å²) in [5.74, 6) is 0.893. The summed E-state index contributed by atoms with van der Waals surface area (Å²) >= 11 is 0. The van der Waals surface area contributed by atoms with Crippen LogP contribution in [-0.2, 0) is 14.3 Å². The largest absolute Gasteiger partial charge is 0.497 e. The topological polar surface area (TPSA) is 80.7 Å². The summed E-state index contributed by atoms with van der Waals surface area (Å²) in [6, 6.07) is 15.0. The number of hydrogen-bond donors (Lipinski definition) is 0. The third kappa shape index (κ3) is 5.94.